The smallest absolute Gasteiger partial charge is 0.271 e. The van der Waals surface area contributed by atoms with Gasteiger partial charge in [-0.1, -0.05) is 40.0 Å². The fraction of sp³-hybridized carbons (Fsp3) is 0.733. The number of nitrogens with one attached hydrogen (secondary N) is 1. The van der Waals surface area contributed by atoms with Gasteiger partial charge in [0.1, 0.15) is 5.69 Å². The molecule has 3 N–H and O–H groups in total. The van der Waals surface area contributed by atoms with Crippen molar-refractivity contribution in [1.29, 1.82) is 0 Å². The first-order valence-electron chi connectivity index (χ1n) is 7.35. The number of carbonyl (C=O) groups excluding carboxylic acids is 1. The van der Waals surface area contributed by atoms with Crippen LogP contribution in [0.2, 0.25) is 0 Å². The van der Waals surface area contributed by atoms with Gasteiger partial charge >= 0.3 is 0 Å². The Morgan fingerprint density at radius 1 is 1.40 bits per heavy atom. The van der Waals surface area contributed by atoms with Crippen molar-refractivity contribution in [2.24, 2.45) is 12.5 Å². The highest BCUT2D eigenvalue weighted by Gasteiger charge is 2.22. The van der Waals surface area contributed by atoms with Crippen molar-refractivity contribution in [3.63, 3.8) is 0 Å². The zero-order chi connectivity index (χ0) is 15.3. The molecule has 20 heavy (non-hydrogen) atoms. The highest BCUT2D eigenvalue weighted by molar-refractivity contribution is 5.97. The normalized spacial score (nSPS) is 11.7. The minimum Gasteiger partial charge on any atom is -0.395 e. The Balaban J connectivity index is 2.58. The summed E-state index contributed by atoms with van der Waals surface area (Å²) in [6, 6.07) is 0. The fourth-order valence-corrected chi connectivity index (χ4v) is 2.29. The van der Waals surface area contributed by atoms with E-state index in [-0.39, 0.29) is 11.3 Å². The number of carbonyl (C=O) groups is 1. The first kappa shape index (κ1) is 16.5. The Hall–Kier alpha value is -1.52. The molecule has 1 aromatic rings. The van der Waals surface area contributed by atoms with Gasteiger partial charge in [0, 0.05) is 13.6 Å². The molecule has 1 aromatic heterocycles. The molecule has 1 heterocycles. The Kier molecular flexibility index (Phi) is 5.60. The zero-order valence-electron chi connectivity index (χ0n) is 13.4. The van der Waals surface area contributed by atoms with Crippen molar-refractivity contribution in [2.45, 2.75) is 53.4 Å². The summed E-state index contributed by atoms with van der Waals surface area (Å²) in [5, 5.41) is 7.15. The van der Waals surface area contributed by atoms with Crippen LogP contribution in [0.5, 0.6) is 0 Å². The number of aromatic nitrogens is 2. The van der Waals surface area contributed by atoms with Gasteiger partial charge in [0.15, 0.2) is 0 Å². The monoisotopic (exact) mass is 280 g/mol. The van der Waals surface area contributed by atoms with Crippen LogP contribution in [0.15, 0.2) is 0 Å². The average Bonchev–Trinajstić information content (AvgIpc) is 2.61. The number of hydrogen-bond acceptors (Lipinski definition) is 3. The van der Waals surface area contributed by atoms with Gasteiger partial charge in [-0.05, 0) is 18.8 Å². The van der Waals surface area contributed by atoms with Crippen molar-refractivity contribution in [3.8, 4) is 0 Å². The largest absolute Gasteiger partial charge is 0.395 e. The van der Waals surface area contributed by atoms with Gasteiger partial charge < -0.3 is 11.1 Å². The van der Waals surface area contributed by atoms with Crippen LogP contribution in [0, 0.1) is 12.3 Å². The molecular formula is C15H28N4O. The number of amides is 1. The van der Waals surface area contributed by atoms with E-state index >= 15 is 0 Å². The molecule has 0 radical (unpaired) electrons. The molecule has 0 spiro atoms. The molecule has 0 aliphatic carbocycles. The highest BCUT2D eigenvalue weighted by Crippen LogP contribution is 2.23. The summed E-state index contributed by atoms with van der Waals surface area (Å²) in [6.07, 6.45) is 4.77. The Morgan fingerprint density at radius 3 is 2.55 bits per heavy atom. The van der Waals surface area contributed by atoms with Crippen molar-refractivity contribution < 1.29 is 4.79 Å². The standard InChI is InChI=1S/C15H28N4O/c1-6-7-8-9-15(3,4)10-17-14(20)13-12(16)11(2)18-19(13)5/h6-10,16H2,1-5H3,(H,17,20). The van der Waals surface area contributed by atoms with Crippen LogP contribution in [0.1, 0.15) is 62.6 Å². The fourth-order valence-electron chi connectivity index (χ4n) is 2.29. The lowest BCUT2D eigenvalue weighted by Gasteiger charge is -2.25. The van der Waals surface area contributed by atoms with E-state index in [1.807, 2.05) is 0 Å². The molecule has 0 fully saturated rings. The molecule has 0 aromatic carbocycles. The number of nitrogen functional groups attached to an aromatic ring is 1. The van der Waals surface area contributed by atoms with E-state index in [1.165, 1.54) is 19.3 Å². The Labute approximate surface area is 121 Å². The van der Waals surface area contributed by atoms with Crippen molar-refractivity contribution in [2.75, 3.05) is 12.3 Å². The SMILES string of the molecule is CCCCCC(C)(C)CNC(=O)c1c(N)c(C)nn1C. The third kappa shape index (κ3) is 4.25. The predicted molar refractivity (Wildman–Crippen MR) is 82.6 cm³/mol. The molecule has 0 unspecified atom stereocenters. The van der Waals surface area contributed by atoms with Gasteiger partial charge in [-0.15, -0.1) is 0 Å². The molecule has 0 aliphatic heterocycles. The molecule has 114 valence electrons. The van der Waals surface area contributed by atoms with Gasteiger partial charge in [0.2, 0.25) is 0 Å². The lowest BCUT2D eigenvalue weighted by molar-refractivity contribution is 0.0925. The molecule has 5 heteroatoms. The second kappa shape index (κ2) is 6.77. The van der Waals surface area contributed by atoms with Crippen LogP contribution in [-0.2, 0) is 7.05 Å². The van der Waals surface area contributed by atoms with Gasteiger partial charge in [0.25, 0.3) is 5.91 Å². The summed E-state index contributed by atoms with van der Waals surface area (Å²) in [6.45, 7) is 9.02. The van der Waals surface area contributed by atoms with Gasteiger partial charge in [-0.3, -0.25) is 9.48 Å². The van der Waals surface area contributed by atoms with E-state index in [1.54, 1.807) is 18.7 Å². The highest BCUT2D eigenvalue weighted by atomic mass is 16.2. The number of unbranched alkanes of at least 4 members (excludes halogenated alkanes) is 2. The van der Waals surface area contributed by atoms with Crippen LogP contribution in [0.4, 0.5) is 5.69 Å². The number of nitrogens with two attached hydrogens (primary N) is 1. The number of rotatable bonds is 7. The Morgan fingerprint density at radius 2 is 2.05 bits per heavy atom. The van der Waals surface area contributed by atoms with E-state index in [0.717, 1.165) is 6.42 Å². The lowest BCUT2D eigenvalue weighted by Crippen LogP contribution is -2.35. The number of aryl methyl sites for hydroxylation is 2. The molecule has 0 saturated carbocycles. The maximum atomic E-state index is 12.2. The maximum Gasteiger partial charge on any atom is 0.271 e. The topological polar surface area (TPSA) is 72.9 Å². The quantitative estimate of drug-likeness (QED) is 0.754. The average molecular weight is 280 g/mol. The maximum absolute atomic E-state index is 12.2. The van der Waals surface area contributed by atoms with Gasteiger partial charge in [-0.2, -0.15) is 5.10 Å². The minimum absolute atomic E-state index is 0.104. The minimum atomic E-state index is -0.144. The van der Waals surface area contributed by atoms with E-state index in [2.05, 4.69) is 31.2 Å². The summed E-state index contributed by atoms with van der Waals surface area (Å²) < 4.78 is 1.55. The van der Waals surface area contributed by atoms with Crippen molar-refractivity contribution in [1.82, 2.24) is 15.1 Å². The third-order valence-electron chi connectivity index (χ3n) is 3.67. The van der Waals surface area contributed by atoms with Crippen LogP contribution in [-0.4, -0.2) is 22.2 Å². The molecule has 0 atom stereocenters. The van der Waals surface area contributed by atoms with Crippen LogP contribution < -0.4 is 11.1 Å². The van der Waals surface area contributed by atoms with E-state index in [4.69, 9.17) is 5.73 Å². The van der Waals surface area contributed by atoms with Crippen molar-refractivity contribution in [3.05, 3.63) is 11.4 Å². The lowest BCUT2D eigenvalue weighted by atomic mass is 9.87. The van der Waals surface area contributed by atoms with E-state index in [0.29, 0.717) is 23.6 Å². The summed E-state index contributed by atoms with van der Waals surface area (Å²) >= 11 is 0. The molecule has 0 aliphatic rings. The number of nitrogens with zero attached hydrogens (tertiary/aromatic N) is 2. The van der Waals surface area contributed by atoms with Crippen LogP contribution in [0.25, 0.3) is 0 Å². The Bertz CT molecular complexity index is 463. The second-order valence-electron chi connectivity index (χ2n) is 6.28. The van der Waals surface area contributed by atoms with Crippen molar-refractivity contribution >= 4 is 11.6 Å². The first-order chi connectivity index (χ1) is 9.28. The summed E-state index contributed by atoms with van der Waals surface area (Å²) in [5.41, 5.74) is 7.61. The van der Waals surface area contributed by atoms with Crippen LogP contribution >= 0.6 is 0 Å². The predicted octanol–water partition coefficient (Wildman–Crippen LogP) is 2.65. The third-order valence-corrected chi connectivity index (χ3v) is 3.67. The summed E-state index contributed by atoms with van der Waals surface area (Å²) in [7, 11) is 1.74. The van der Waals surface area contributed by atoms with E-state index < -0.39 is 0 Å². The summed E-state index contributed by atoms with van der Waals surface area (Å²) in [5.74, 6) is -0.144. The molecule has 0 bridgehead atoms. The number of anilines is 1. The molecule has 1 rings (SSSR count). The van der Waals surface area contributed by atoms with Gasteiger partial charge in [-0.25, -0.2) is 0 Å². The first-order valence-corrected chi connectivity index (χ1v) is 7.35. The van der Waals surface area contributed by atoms with Gasteiger partial charge in [0.05, 0.1) is 11.4 Å². The molecule has 1 amide bonds. The van der Waals surface area contributed by atoms with Crippen LogP contribution in [0.3, 0.4) is 0 Å². The molecule has 5 nitrogen and oxygen atoms in total. The molecular weight excluding hydrogens is 252 g/mol. The van der Waals surface area contributed by atoms with E-state index in [9.17, 15) is 4.79 Å². The molecule has 0 saturated heterocycles. The number of hydrogen-bond donors (Lipinski definition) is 2. The summed E-state index contributed by atoms with van der Waals surface area (Å²) in [4.78, 5) is 12.2. The zero-order valence-corrected chi connectivity index (χ0v) is 13.4. The second-order valence-corrected chi connectivity index (χ2v) is 6.28.